The van der Waals surface area contributed by atoms with E-state index in [1.807, 2.05) is 0 Å². The predicted octanol–water partition coefficient (Wildman–Crippen LogP) is 2.45. The maximum atomic E-state index is 13.3. The minimum Gasteiger partial charge on any atom is -0.481 e. The smallest absolute Gasteiger partial charge is 0.417 e. The number of hydrogen-bond donors (Lipinski definition) is 1. The van der Waals surface area contributed by atoms with Gasteiger partial charge in [-0.1, -0.05) is 0 Å². The van der Waals surface area contributed by atoms with Crippen LogP contribution in [-0.4, -0.2) is 36.4 Å². The van der Waals surface area contributed by atoms with E-state index >= 15 is 0 Å². The van der Waals surface area contributed by atoms with Gasteiger partial charge in [-0.2, -0.15) is 22.7 Å². The Morgan fingerprint density at radius 2 is 2.04 bits per heavy atom. The Morgan fingerprint density at radius 1 is 1.40 bits per heavy atom. The molecule has 1 saturated heterocycles. The zero-order valence-corrected chi connectivity index (χ0v) is 13.9. The van der Waals surface area contributed by atoms with E-state index in [1.54, 1.807) is 6.07 Å². The molecule has 10 heteroatoms. The second kappa shape index (κ2) is 6.65. The predicted molar refractivity (Wildman–Crippen MR) is 79.9 cm³/mol. The number of rotatable bonds is 3. The van der Waals surface area contributed by atoms with Gasteiger partial charge < -0.3 is 5.11 Å². The van der Waals surface area contributed by atoms with E-state index in [4.69, 9.17) is 5.26 Å². The van der Waals surface area contributed by atoms with Gasteiger partial charge in [-0.15, -0.1) is 0 Å². The largest absolute Gasteiger partial charge is 0.481 e. The molecule has 1 aliphatic rings. The van der Waals surface area contributed by atoms with Gasteiger partial charge >= 0.3 is 12.1 Å². The number of halogens is 3. The van der Waals surface area contributed by atoms with Gasteiger partial charge in [0.1, 0.15) is 0 Å². The molecule has 136 valence electrons. The van der Waals surface area contributed by atoms with E-state index in [2.05, 4.69) is 0 Å². The van der Waals surface area contributed by atoms with E-state index in [0.717, 1.165) is 16.4 Å². The Hall–Kier alpha value is -2.12. The third-order valence-electron chi connectivity index (χ3n) is 4.25. The number of carboxylic acid groups (broad SMARTS) is 1. The highest BCUT2D eigenvalue weighted by Gasteiger charge is 2.44. The number of benzene rings is 1. The summed E-state index contributed by atoms with van der Waals surface area (Å²) in [5.74, 6) is -2.18. The number of piperidine rings is 1. The molecule has 2 atom stereocenters. The number of sulfonamides is 1. The van der Waals surface area contributed by atoms with E-state index in [1.165, 1.54) is 6.92 Å². The van der Waals surface area contributed by atoms with Gasteiger partial charge in [0.2, 0.25) is 10.0 Å². The monoisotopic (exact) mass is 376 g/mol. The van der Waals surface area contributed by atoms with Crippen LogP contribution in [0.4, 0.5) is 13.2 Å². The van der Waals surface area contributed by atoms with E-state index < -0.39 is 44.6 Å². The third-order valence-corrected chi connectivity index (χ3v) is 6.29. The van der Waals surface area contributed by atoms with Crippen molar-refractivity contribution in [3.8, 4) is 6.07 Å². The molecule has 0 aromatic heterocycles. The number of carboxylic acids is 1. The summed E-state index contributed by atoms with van der Waals surface area (Å²) in [5.41, 5.74) is -1.75. The van der Waals surface area contributed by atoms with Crippen molar-refractivity contribution in [1.29, 1.82) is 5.26 Å². The molecule has 25 heavy (non-hydrogen) atoms. The Kier molecular flexibility index (Phi) is 5.11. The van der Waals surface area contributed by atoms with Crippen molar-refractivity contribution in [1.82, 2.24) is 4.31 Å². The molecule has 0 bridgehead atoms. The van der Waals surface area contributed by atoms with Crippen LogP contribution in [0, 0.1) is 17.2 Å². The van der Waals surface area contributed by atoms with Crippen molar-refractivity contribution >= 4 is 16.0 Å². The quantitative estimate of drug-likeness (QED) is 0.874. The van der Waals surface area contributed by atoms with Crippen molar-refractivity contribution < 1.29 is 31.5 Å². The summed E-state index contributed by atoms with van der Waals surface area (Å²) in [7, 11) is -4.58. The SMILES string of the molecule is C[C@@H]1[C@H](C(=O)O)CCCN1S(=O)(=O)c1ccc(C#N)cc1C(F)(F)F. The maximum Gasteiger partial charge on any atom is 0.417 e. The number of alkyl halides is 3. The van der Waals surface area contributed by atoms with Crippen LogP contribution in [0.3, 0.4) is 0 Å². The fourth-order valence-electron chi connectivity index (χ4n) is 2.95. The molecule has 1 fully saturated rings. The zero-order valence-electron chi connectivity index (χ0n) is 13.1. The first-order valence-electron chi connectivity index (χ1n) is 7.36. The molecular weight excluding hydrogens is 361 g/mol. The number of nitriles is 1. The molecule has 1 aliphatic heterocycles. The van der Waals surface area contributed by atoms with Crippen molar-refractivity contribution in [2.45, 2.75) is 36.9 Å². The first kappa shape index (κ1) is 19.2. The molecule has 1 N–H and O–H groups in total. The number of aliphatic carboxylic acids is 1. The lowest BCUT2D eigenvalue weighted by Crippen LogP contribution is -2.49. The average Bonchev–Trinajstić information content (AvgIpc) is 2.53. The van der Waals surface area contributed by atoms with Gasteiger partial charge in [-0.3, -0.25) is 4.79 Å². The van der Waals surface area contributed by atoms with Gasteiger partial charge in [0, 0.05) is 12.6 Å². The fourth-order valence-corrected chi connectivity index (χ4v) is 4.85. The summed E-state index contributed by atoms with van der Waals surface area (Å²) in [6.45, 7) is 1.30. The second-order valence-electron chi connectivity index (χ2n) is 5.76. The summed E-state index contributed by atoms with van der Waals surface area (Å²) >= 11 is 0. The first-order valence-corrected chi connectivity index (χ1v) is 8.80. The van der Waals surface area contributed by atoms with E-state index in [9.17, 15) is 31.5 Å². The lowest BCUT2D eigenvalue weighted by molar-refractivity contribution is -0.144. The van der Waals surface area contributed by atoms with Crippen LogP contribution in [0.1, 0.15) is 30.9 Å². The second-order valence-corrected chi connectivity index (χ2v) is 7.62. The maximum absolute atomic E-state index is 13.3. The molecule has 0 amide bonds. The minimum absolute atomic E-state index is 0.0649. The van der Waals surface area contributed by atoms with Gasteiger partial charge in [-0.25, -0.2) is 8.42 Å². The van der Waals surface area contributed by atoms with Crippen LogP contribution in [0.5, 0.6) is 0 Å². The van der Waals surface area contributed by atoms with Crippen molar-refractivity contribution in [3.63, 3.8) is 0 Å². The highest BCUT2D eigenvalue weighted by Crippen LogP contribution is 2.38. The van der Waals surface area contributed by atoms with Gasteiger partial charge in [0.05, 0.1) is 28.0 Å². The van der Waals surface area contributed by atoms with Crippen LogP contribution in [0.25, 0.3) is 0 Å². The van der Waals surface area contributed by atoms with Gasteiger partial charge in [0.25, 0.3) is 0 Å². The standard InChI is InChI=1S/C15H15F3N2O4S/c1-9-11(14(21)22)3-2-6-20(9)25(23,24)13-5-4-10(8-19)7-12(13)15(16,17)18/h4-5,7,9,11H,2-3,6H2,1H3,(H,21,22)/t9-,11-/m1/s1. The molecule has 1 heterocycles. The van der Waals surface area contributed by atoms with Crippen LogP contribution in [-0.2, 0) is 21.0 Å². The summed E-state index contributed by atoms with van der Waals surface area (Å²) in [6.07, 6.45) is -4.49. The summed E-state index contributed by atoms with van der Waals surface area (Å²) in [5, 5.41) is 17.9. The highest BCUT2D eigenvalue weighted by atomic mass is 32.2. The Balaban J connectivity index is 2.57. The van der Waals surface area contributed by atoms with E-state index in [0.29, 0.717) is 6.07 Å². The molecule has 1 aromatic rings. The molecule has 0 aliphatic carbocycles. The summed E-state index contributed by atoms with van der Waals surface area (Å²) in [4.78, 5) is 10.3. The van der Waals surface area contributed by atoms with Gasteiger partial charge in [-0.05, 0) is 38.0 Å². The Morgan fingerprint density at radius 3 is 2.56 bits per heavy atom. The Bertz CT molecular complexity index is 830. The zero-order chi connectivity index (χ0) is 19.0. The number of carbonyl (C=O) groups is 1. The van der Waals surface area contributed by atoms with Crippen molar-refractivity contribution in [2.24, 2.45) is 5.92 Å². The fraction of sp³-hybridized carbons (Fsp3) is 0.467. The lowest BCUT2D eigenvalue weighted by Gasteiger charge is -2.36. The van der Waals surface area contributed by atoms with Crippen LogP contribution < -0.4 is 0 Å². The molecule has 0 radical (unpaired) electrons. The molecule has 0 spiro atoms. The van der Waals surface area contributed by atoms with Gasteiger partial charge in [0.15, 0.2) is 0 Å². The van der Waals surface area contributed by atoms with Crippen LogP contribution in [0.15, 0.2) is 23.1 Å². The number of nitrogens with zero attached hydrogens (tertiary/aromatic N) is 2. The van der Waals surface area contributed by atoms with E-state index in [-0.39, 0.29) is 24.9 Å². The molecular formula is C15H15F3N2O4S. The number of hydrogen-bond acceptors (Lipinski definition) is 4. The molecule has 0 saturated carbocycles. The van der Waals surface area contributed by atoms with Crippen LogP contribution in [0.2, 0.25) is 0 Å². The molecule has 1 aromatic carbocycles. The van der Waals surface area contributed by atoms with Crippen molar-refractivity contribution in [2.75, 3.05) is 6.54 Å². The molecule has 2 rings (SSSR count). The highest BCUT2D eigenvalue weighted by molar-refractivity contribution is 7.89. The minimum atomic E-state index is -4.97. The topological polar surface area (TPSA) is 98.5 Å². The first-order chi connectivity index (χ1) is 11.5. The summed E-state index contributed by atoms with van der Waals surface area (Å²) < 4.78 is 66.2. The average molecular weight is 376 g/mol. The molecule has 6 nitrogen and oxygen atoms in total. The van der Waals surface area contributed by atoms with Crippen LogP contribution >= 0.6 is 0 Å². The third kappa shape index (κ3) is 3.62. The lowest BCUT2D eigenvalue weighted by atomic mass is 9.92. The summed E-state index contributed by atoms with van der Waals surface area (Å²) in [6, 6.07) is 2.78. The van der Waals surface area contributed by atoms with Crippen molar-refractivity contribution in [3.05, 3.63) is 29.3 Å². The molecule has 0 unspecified atom stereocenters. The normalized spacial score (nSPS) is 22.4. The Labute approximate surface area is 142 Å².